The Bertz CT molecular complexity index is 50.5. The van der Waals surface area contributed by atoms with Crippen LogP contribution in [0.4, 0.5) is 0 Å². The van der Waals surface area contributed by atoms with Crippen LogP contribution in [0.25, 0.3) is 0 Å². The molecule has 0 aliphatic carbocycles. The molecule has 0 aliphatic rings. The standard InChI is InChI=1S/C4H10O3S/c1-8-7-3-4(6)2-5/h4-6H,2-3H2,1H3. The van der Waals surface area contributed by atoms with Crippen LogP contribution in [0.15, 0.2) is 0 Å². The Kier molecular flexibility index (Phi) is 5.52. The lowest BCUT2D eigenvalue weighted by atomic mass is 10.4. The van der Waals surface area contributed by atoms with Gasteiger partial charge in [0.15, 0.2) is 0 Å². The first-order valence-electron chi connectivity index (χ1n) is 2.25. The molecule has 1 unspecified atom stereocenters. The number of hydrogen-bond donors (Lipinski definition) is 2. The number of aliphatic hydroxyl groups excluding tert-OH is 2. The van der Waals surface area contributed by atoms with Crippen LogP contribution in [0.2, 0.25) is 0 Å². The van der Waals surface area contributed by atoms with Gasteiger partial charge in [-0.1, -0.05) is 0 Å². The van der Waals surface area contributed by atoms with Gasteiger partial charge in [-0.25, -0.2) is 0 Å². The summed E-state index contributed by atoms with van der Waals surface area (Å²) < 4.78 is 4.69. The monoisotopic (exact) mass is 138 g/mol. The number of rotatable bonds is 4. The van der Waals surface area contributed by atoms with Crippen molar-refractivity contribution in [2.75, 3.05) is 19.5 Å². The van der Waals surface area contributed by atoms with Gasteiger partial charge in [0.05, 0.1) is 13.2 Å². The van der Waals surface area contributed by atoms with Crippen molar-refractivity contribution in [3.05, 3.63) is 0 Å². The molecular formula is C4H10O3S. The zero-order valence-electron chi connectivity index (χ0n) is 4.70. The molecule has 0 saturated carbocycles. The molecule has 0 aliphatic heterocycles. The van der Waals surface area contributed by atoms with Gasteiger partial charge in [0.1, 0.15) is 6.10 Å². The predicted octanol–water partition coefficient (Wildman–Crippen LogP) is -0.366. The Labute approximate surface area is 52.9 Å². The van der Waals surface area contributed by atoms with Gasteiger partial charge in [0.2, 0.25) is 0 Å². The highest BCUT2D eigenvalue weighted by atomic mass is 32.2. The van der Waals surface area contributed by atoms with E-state index in [4.69, 9.17) is 14.4 Å². The van der Waals surface area contributed by atoms with E-state index >= 15 is 0 Å². The fourth-order valence-electron chi connectivity index (χ4n) is 0.199. The number of hydrogen-bond acceptors (Lipinski definition) is 4. The average Bonchev–Trinajstić information content (AvgIpc) is 1.83. The highest BCUT2D eigenvalue weighted by molar-refractivity contribution is 7.93. The first kappa shape index (κ1) is 8.23. The minimum absolute atomic E-state index is 0.192. The van der Waals surface area contributed by atoms with Crippen LogP contribution in [0.5, 0.6) is 0 Å². The second-order valence-corrected chi connectivity index (χ2v) is 1.86. The molecule has 0 aromatic heterocycles. The van der Waals surface area contributed by atoms with Gasteiger partial charge in [0, 0.05) is 6.26 Å². The average molecular weight is 138 g/mol. The van der Waals surface area contributed by atoms with Crippen LogP contribution in [0.3, 0.4) is 0 Å². The minimum atomic E-state index is -0.734. The van der Waals surface area contributed by atoms with Crippen LogP contribution in [-0.2, 0) is 4.18 Å². The van der Waals surface area contributed by atoms with Crippen molar-refractivity contribution in [2.45, 2.75) is 6.10 Å². The summed E-state index contributed by atoms with van der Waals surface area (Å²) >= 11 is 1.17. The second kappa shape index (κ2) is 5.37. The molecule has 2 N–H and O–H groups in total. The van der Waals surface area contributed by atoms with Crippen LogP contribution >= 0.6 is 12.0 Å². The Balaban J connectivity index is 2.86. The summed E-state index contributed by atoms with van der Waals surface area (Å²) in [6.45, 7) is -0.0434. The topological polar surface area (TPSA) is 49.7 Å². The first-order valence-corrected chi connectivity index (χ1v) is 3.40. The summed E-state index contributed by atoms with van der Waals surface area (Å²) in [4.78, 5) is 0. The largest absolute Gasteiger partial charge is 0.394 e. The molecule has 0 aromatic rings. The van der Waals surface area contributed by atoms with Crippen LogP contribution in [0, 0.1) is 0 Å². The molecule has 0 radical (unpaired) electrons. The fourth-order valence-corrected chi connectivity index (χ4v) is 0.492. The normalized spacial score (nSPS) is 13.9. The maximum Gasteiger partial charge on any atom is 0.102 e. The SMILES string of the molecule is CSOCC(O)CO. The third-order valence-corrected chi connectivity index (χ3v) is 0.961. The lowest BCUT2D eigenvalue weighted by Gasteiger charge is -2.03. The molecule has 0 amide bonds. The lowest BCUT2D eigenvalue weighted by Crippen LogP contribution is -2.17. The smallest absolute Gasteiger partial charge is 0.102 e. The summed E-state index contributed by atoms with van der Waals surface area (Å²) in [7, 11) is 0. The molecule has 0 aromatic carbocycles. The molecule has 8 heavy (non-hydrogen) atoms. The highest BCUT2D eigenvalue weighted by Gasteiger charge is 1.98. The maximum atomic E-state index is 8.60. The van der Waals surface area contributed by atoms with Gasteiger partial charge in [-0.05, 0) is 12.0 Å². The summed E-state index contributed by atoms with van der Waals surface area (Å²) in [5.74, 6) is 0. The van der Waals surface area contributed by atoms with Crippen LogP contribution in [0.1, 0.15) is 0 Å². The molecule has 0 rings (SSSR count). The fraction of sp³-hybridized carbons (Fsp3) is 1.00. The third-order valence-electron chi connectivity index (χ3n) is 0.589. The third kappa shape index (κ3) is 4.39. The molecule has 3 nitrogen and oxygen atoms in total. The summed E-state index contributed by atoms with van der Waals surface area (Å²) in [5, 5.41) is 16.8. The van der Waals surface area contributed by atoms with Gasteiger partial charge < -0.3 is 14.4 Å². The molecule has 0 bridgehead atoms. The quantitative estimate of drug-likeness (QED) is 0.521. The molecule has 0 saturated heterocycles. The molecule has 1 atom stereocenters. The van der Waals surface area contributed by atoms with Gasteiger partial charge in [-0.15, -0.1) is 0 Å². The maximum absolute atomic E-state index is 8.60. The Morgan fingerprint density at radius 2 is 2.38 bits per heavy atom. The zero-order chi connectivity index (χ0) is 6.41. The van der Waals surface area contributed by atoms with Crippen molar-refractivity contribution in [1.82, 2.24) is 0 Å². The van der Waals surface area contributed by atoms with E-state index in [1.165, 1.54) is 12.0 Å². The van der Waals surface area contributed by atoms with Gasteiger partial charge >= 0.3 is 0 Å². The molecular weight excluding hydrogens is 128 g/mol. The lowest BCUT2D eigenvalue weighted by molar-refractivity contribution is 0.0604. The first-order chi connectivity index (χ1) is 3.81. The molecule has 0 spiro atoms. The van der Waals surface area contributed by atoms with Crippen molar-refractivity contribution in [3.63, 3.8) is 0 Å². The number of aliphatic hydroxyl groups is 2. The molecule has 0 heterocycles. The van der Waals surface area contributed by atoms with E-state index in [9.17, 15) is 0 Å². The summed E-state index contributed by atoms with van der Waals surface area (Å²) in [6, 6.07) is 0. The van der Waals surface area contributed by atoms with Gasteiger partial charge in [0.25, 0.3) is 0 Å². The highest BCUT2D eigenvalue weighted by Crippen LogP contribution is 1.95. The predicted molar refractivity (Wildman–Crippen MR) is 32.6 cm³/mol. The minimum Gasteiger partial charge on any atom is -0.394 e. The molecule has 0 fully saturated rings. The Morgan fingerprint density at radius 3 is 2.75 bits per heavy atom. The molecule has 4 heteroatoms. The van der Waals surface area contributed by atoms with Crippen LogP contribution < -0.4 is 0 Å². The second-order valence-electron chi connectivity index (χ2n) is 1.29. The van der Waals surface area contributed by atoms with E-state index in [-0.39, 0.29) is 13.2 Å². The van der Waals surface area contributed by atoms with Crippen molar-refractivity contribution in [2.24, 2.45) is 0 Å². The van der Waals surface area contributed by atoms with Crippen molar-refractivity contribution in [3.8, 4) is 0 Å². The van der Waals surface area contributed by atoms with E-state index in [0.29, 0.717) is 0 Å². The van der Waals surface area contributed by atoms with E-state index in [1.54, 1.807) is 6.26 Å². The van der Waals surface area contributed by atoms with Crippen LogP contribution in [-0.4, -0.2) is 35.8 Å². The van der Waals surface area contributed by atoms with Crippen molar-refractivity contribution >= 4 is 12.0 Å². The Morgan fingerprint density at radius 1 is 1.75 bits per heavy atom. The Hall–Kier alpha value is 0.230. The zero-order valence-corrected chi connectivity index (χ0v) is 5.52. The van der Waals surface area contributed by atoms with Crippen molar-refractivity contribution in [1.29, 1.82) is 0 Å². The van der Waals surface area contributed by atoms with Crippen molar-refractivity contribution < 1.29 is 14.4 Å². The molecule has 50 valence electrons. The van der Waals surface area contributed by atoms with Gasteiger partial charge in [-0.2, -0.15) is 0 Å². The van der Waals surface area contributed by atoms with Gasteiger partial charge in [-0.3, -0.25) is 0 Å². The summed E-state index contributed by atoms with van der Waals surface area (Å²) in [6.07, 6.45) is 1.02. The van der Waals surface area contributed by atoms with E-state index < -0.39 is 6.10 Å². The van der Waals surface area contributed by atoms with E-state index in [0.717, 1.165) is 0 Å². The van der Waals surface area contributed by atoms with E-state index in [1.807, 2.05) is 0 Å². The summed E-state index contributed by atoms with van der Waals surface area (Å²) in [5.41, 5.74) is 0. The van der Waals surface area contributed by atoms with E-state index in [2.05, 4.69) is 0 Å².